The van der Waals surface area contributed by atoms with E-state index < -0.39 is 7.12 Å². The third-order valence-electron chi connectivity index (χ3n) is 5.20. The van der Waals surface area contributed by atoms with Gasteiger partial charge < -0.3 is 14.0 Å². The van der Waals surface area contributed by atoms with Crippen LogP contribution < -0.4 is 19.5 Å². The van der Waals surface area contributed by atoms with E-state index in [-0.39, 0.29) is 5.56 Å². The molecule has 0 N–H and O–H groups in total. The summed E-state index contributed by atoms with van der Waals surface area (Å²) in [5.74, 6) is 2.08. The SMILES string of the molecule is N#Cc1ccc(Oc2ccc3c(c2)OB(c2ccccc2)Oc2ccccc2N=C3)cc1C#N. The van der Waals surface area contributed by atoms with Gasteiger partial charge in [0.05, 0.1) is 11.1 Å². The molecule has 5 rings (SSSR count). The Bertz CT molecular complexity index is 1470. The minimum absolute atomic E-state index is 0.251. The third kappa shape index (κ3) is 4.32. The summed E-state index contributed by atoms with van der Waals surface area (Å²) >= 11 is 0. The highest BCUT2D eigenvalue weighted by atomic mass is 16.6. The van der Waals surface area contributed by atoms with Gasteiger partial charge in [0.25, 0.3) is 0 Å². The van der Waals surface area contributed by atoms with Crippen molar-refractivity contribution in [1.82, 2.24) is 0 Å². The Hall–Kier alpha value is -5.01. The minimum atomic E-state index is -0.710. The van der Waals surface area contributed by atoms with Crippen LogP contribution in [0.1, 0.15) is 16.7 Å². The van der Waals surface area contributed by atoms with Crippen LogP contribution >= 0.6 is 0 Å². The van der Waals surface area contributed by atoms with Crippen LogP contribution in [0.3, 0.4) is 0 Å². The van der Waals surface area contributed by atoms with Crippen LogP contribution in [-0.4, -0.2) is 13.3 Å². The van der Waals surface area contributed by atoms with E-state index >= 15 is 0 Å². The lowest BCUT2D eigenvalue weighted by Crippen LogP contribution is -2.42. The molecule has 0 saturated carbocycles. The second-order valence-corrected chi connectivity index (χ2v) is 7.44. The normalized spacial score (nSPS) is 11.8. The van der Waals surface area contributed by atoms with Crippen LogP contribution in [0, 0.1) is 22.7 Å². The van der Waals surface area contributed by atoms with E-state index in [9.17, 15) is 5.26 Å². The van der Waals surface area contributed by atoms with Gasteiger partial charge in [-0.25, -0.2) is 0 Å². The monoisotopic (exact) mass is 441 g/mol. The maximum atomic E-state index is 9.29. The molecular formula is C27H16BN3O3. The molecule has 0 aromatic heterocycles. The molecule has 0 radical (unpaired) electrons. The summed E-state index contributed by atoms with van der Waals surface area (Å²) in [6.45, 7) is 0. The fourth-order valence-corrected chi connectivity index (χ4v) is 3.50. The van der Waals surface area contributed by atoms with Gasteiger partial charge in [-0.1, -0.05) is 42.5 Å². The van der Waals surface area contributed by atoms with Gasteiger partial charge in [0.15, 0.2) is 0 Å². The second-order valence-electron chi connectivity index (χ2n) is 7.44. The Morgan fingerprint density at radius 1 is 0.706 bits per heavy atom. The molecule has 0 spiro atoms. The number of rotatable bonds is 3. The number of para-hydroxylation sites is 2. The van der Waals surface area contributed by atoms with Crippen molar-refractivity contribution in [3.8, 4) is 35.1 Å². The van der Waals surface area contributed by atoms with E-state index in [0.717, 1.165) is 11.0 Å². The van der Waals surface area contributed by atoms with E-state index in [1.807, 2.05) is 72.8 Å². The van der Waals surface area contributed by atoms with E-state index in [0.29, 0.717) is 34.2 Å². The van der Waals surface area contributed by atoms with E-state index in [1.165, 1.54) is 6.07 Å². The summed E-state index contributed by atoms with van der Waals surface area (Å²) in [5.41, 5.74) is 2.85. The largest absolute Gasteiger partial charge is 0.632 e. The molecule has 0 unspecified atom stereocenters. The maximum absolute atomic E-state index is 9.29. The van der Waals surface area contributed by atoms with Crippen LogP contribution in [0.2, 0.25) is 0 Å². The first kappa shape index (κ1) is 20.9. The van der Waals surface area contributed by atoms with E-state index in [4.69, 9.17) is 19.3 Å². The number of fused-ring (bicyclic) bond motifs is 2. The average molecular weight is 441 g/mol. The van der Waals surface area contributed by atoms with Gasteiger partial charge in [0.1, 0.15) is 40.8 Å². The smallest absolute Gasteiger partial charge is 0.521 e. The summed E-state index contributed by atoms with van der Waals surface area (Å²) < 4.78 is 18.5. The quantitative estimate of drug-likeness (QED) is 0.411. The number of benzene rings is 4. The predicted molar refractivity (Wildman–Crippen MR) is 129 cm³/mol. The number of aliphatic imine (C=N–C) groups is 1. The lowest BCUT2D eigenvalue weighted by atomic mass is 9.78. The summed E-state index contributed by atoms with van der Waals surface area (Å²) in [5, 5.41) is 18.4. The van der Waals surface area contributed by atoms with E-state index in [1.54, 1.807) is 30.5 Å². The Labute approximate surface area is 197 Å². The molecule has 1 heterocycles. The number of nitrogens with zero attached hydrogens (tertiary/aromatic N) is 3. The fraction of sp³-hybridized carbons (Fsp3) is 0. The Kier molecular flexibility index (Phi) is 5.67. The molecule has 7 heteroatoms. The Morgan fingerprint density at radius 3 is 2.24 bits per heavy atom. The van der Waals surface area contributed by atoms with Gasteiger partial charge in [-0.2, -0.15) is 10.5 Å². The summed E-state index contributed by atoms with van der Waals surface area (Å²) in [6, 6.07) is 31.3. The highest BCUT2D eigenvalue weighted by Crippen LogP contribution is 2.33. The van der Waals surface area contributed by atoms with Crippen molar-refractivity contribution in [2.45, 2.75) is 0 Å². The molecule has 34 heavy (non-hydrogen) atoms. The summed E-state index contributed by atoms with van der Waals surface area (Å²) in [4.78, 5) is 4.59. The molecule has 1 aliphatic heterocycles. The number of hydrogen-bond acceptors (Lipinski definition) is 6. The Balaban J connectivity index is 1.53. The van der Waals surface area contributed by atoms with Gasteiger partial charge in [-0.3, -0.25) is 4.99 Å². The lowest BCUT2D eigenvalue weighted by Gasteiger charge is -2.18. The van der Waals surface area contributed by atoms with Gasteiger partial charge in [-0.05, 0) is 42.5 Å². The molecule has 6 nitrogen and oxygen atoms in total. The van der Waals surface area contributed by atoms with Crippen molar-refractivity contribution >= 4 is 24.5 Å². The summed E-state index contributed by atoms with van der Waals surface area (Å²) in [6.07, 6.45) is 1.73. The first-order chi connectivity index (χ1) is 16.7. The highest BCUT2D eigenvalue weighted by Gasteiger charge is 2.29. The van der Waals surface area contributed by atoms with Crippen LogP contribution in [0.15, 0.2) is 96.0 Å². The van der Waals surface area contributed by atoms with Gasteiger partial charge in [0.2, 0.25) is 0 Å². The molecule has 160 valence electrons. The molecule has 0 fully saturated rings. The first-order valence-corrected chi connectivity index (χ1v) is 10.5. The average Bonchev–Trinajstić information content (AvgIpc) is 2.96. The molecule has 0 aliphatic carbocycles. The molecule has 4 aromatic carbocycles. The zero-order chi connectivity index (χ0) is 23.3. The topological polar surface area (TPSA) is 87.6 Å². The molecular weight excluding hydrogens is 425 g/mol. The van der Waals surface area contributed by atoms with Crippen molar-refractivity contribution in [2.24, 2.45) is 4.99 Å². The highest BCUT2D eigenvalue weighted by molar-refractivity contribution is 6.62. The van der Waals surface area contributed by atoms with Crippen LogP contribution in [0.4, 0.5) is 5.69 Å². The molecule has 4 aromatic rings. The standard InChI is InChI=1S/C27H16BN3O3/c29-16-19-10-12-23(14-21(19)17-30)32-24-13-11-20-18-31-25-8-4-5-9-26(25)33-28(34-27(20)15-24)22-6-2-1-3-7-22/h1-15,18H. The number of ether oxygens (including phenoxy) is 1. The van der Waals surface area contributed by atoms with Crippen LogP contribution in [-0.2, 0) is 0 Å². The van der Waals surface area contributed by atoms with Crippen LogP contribution in [0.5, 0.6) is 23.0 Å². The number of nitriles is 2. The molecule has 0 amide bonds. The van der Waals surface area contributed by atoms with Gasteiger partial charge in [0, 0.05) is 23.3 Å². The number of hydrogen-bond donors (Lipinski definition) is 0. The molecule has 1 aliphatic rings. The Morgan fingerprint density at radius 2 is 1.41 bits per heavy atom. The molecule has 0 saturated heterocycles. The van der Waals surface area contributed by atoms with Crippen molar-refractivity contribution in [1.29, 1.82) is 10.5 Å². The van der Waals surface area contributed by atoms with E-state index in [2.05, 4.69) is 4.99 Å². The maximum Gasteiger partial charge on any atom is 0.632 e. The minimum Gasteiger partial charge on any atom is -0.521 e. The second kappa shape index (κ2) is 9.24. The molecule has 0 atom stereocenters. The zero-order valence-electron chi connectivity index (χ0n) is 17.9. The third-order valence-corrected chi connectivity index (χ3v) is 5.20. The summed E-state index contributed by atoms with van der Waals surface area (Å²) in [7, 11) is -0.710. The molecule has 0 bridgehead atoms. The lowest BCUT2D eigenvalue weighted by molar-refractivity contribution is 0.435. The van der Waals surface area contributed by atoms with Crippen molar-refractivity contribution in [3.63, 3.8) is 0 Å². The van der Waals surface area contributed by atoms with Crippen molar-refractivity contribution < 1.29 is 14.0 Å². The fourth-order valence-electron chi connectivity index (χ4n) is 3.50. The van der Waals surface area contributed by atoms with Crippen molar-refractivity contribution in [2.75, 3.05) is 0 Å². The van der Waals surface area contributed by atoms with Crippen molar-refractivity contribution in [3.05, 3.63) is 108 Å². The van der Waals surface area contributed by atoms with Gasteiger partial charge in [-0.15, -0.1) is 0 Å². The van der Waals surface area contributed by atoms with Gasteiger partial charge >= 0.3 is 7.12 Å². The first-order valence-electron chi connectivity index (χ1n) is 10.5. The van der Waals surface area contributed by atoms with Crippen LogP contribution in [0.25, 0.3) is 0 Å². The zero-order valence-corrected chi connectivity index (χ0v) is 17.9. The predicted octanol–water partition coefficient (Wildman–Crippen LogP) is 5.14.